The summed E-state index contributed by atoms with van der Waals surface area (Å²) in [6.07, 6.45) is 8.31. The van der Waals surface area contributed by atoms with Gasteiger partial charge < -0.3 is 5.32 Å². The number of imide groups is 1. The molecule has 0 spiro atoms. The van der Waals surface area contributed by atoms with Crippen molar-refractivity contribution in [2.75, 3.05) is 4.90 Å². The molecule has 1 atom stereocenters. The van der Waals surface area contributed by atoms with E-state index in [-0.39, 0.29) is 23.4 Å². The van der Waals surface area contributed by atoms with E-state index in [0.29, 0.717) is 6.42 Å². The minimum atomic E-state index is -0.223. The standard InChI is InChI=1S/C22H28N2O2/c1-13-3-4-19(14(2)5-13)24-20(25)9-18(21(24)26)23-22-10-15-6-16(11-22)8-17(7-15)12-22/h3-5,15-18,23H,6-12H2,1-2H3/p+1/t15?,16?,17?,18-,22?/m1/s1. The Balaban J connectivity index is 1.38. The molecule has 6 rings (SSSR count). The zero-order valence-corrected chi connectivity index (χ0v) is 15.8. The molecule has 2 amide bonds. The van der Waals surface area contributed by atoms with Crippen molar-refractivity contribution in [3.8, 4) is 0 Å². The number of anilines is 1. The Bertz CT molecular complexity index is 749. The van der Waals surface area contributed by atoms with Crippen LogP contribution in [0.5, 0.6) is 0 Å². The molecule has 4 saturated carbocycles. The summed E-state index contributed by atoms with van der Waals surface area (Å²) in [7, 11) is 0. The van der Waals surface area contributed by atoms with Crippen molar-refractivity contribution in [3.05, 3.63) is 29.3 Å². The lowest BCUT2D eigenvalue weighted by molar-refractivity contribution is -0.755. The van der Waals surface area contributed by atoms with Gasteiger partial charge in [0.25, 0.3) is 5.91 Å². The number of benzene rings is 1. The maximum Gasteiger partial charge on any atom is 0.292 e. The van der Waals surface area contributed by atoms with Crippen LogP contribution in [0.3, 0.4) is 0 Å². The molecule has 4 heteroatoms. The molecule has 0 unspecified atom stereocenters. The van der Waals surface area contributed by atoms with Crippen LogP contribution in [-0.4, -0.2) is 23.4 Å². The number of nitrogens with two attached hydrogens (primary N) is 1. The molecular formula is C22H29N2O2+. The molecule has 1 saturated heterocycles. The monoisotopic (exact) mass is 353 g/mol. The van der Waals surface area contributed by atoms with Crippen molar-refractivity contribution in [1.29, 1.82) is 0 Å². The predicted molar refractivity (Wildman–Crippen MR) is 99.6 cm³/mol. The fraction of sp³-hybridized carbons (Fsp3) is 0.636. The van der Waals surface area contributed by atoms with Crippen LogP contribution < -0.4 is 10.2 Å². The summed E-state index contributed by atoms with van der Waals surface area (Å²) in [6, 6.07) is 5.73. The maximum absolute atomic E-state index is 13.2. The van der Waals surface area contributed by atoms with Gasteiger partial charge in [0, 0.05) is 19.3 Å². The highest BCUT2D eigenvalue weighted by atomic mass is 16.2. The molecule has 4 aliphatic carbocycles. The molecule has 1 aromatic carbocycles. The minimum absolute atomic E-state index is 0.00213. The number of hydrogen-bond donors (Lipinski definition) is 1. The van der Waals surface area contributed by atoms with Crippen molar-refractivity contribution in [2.24, 2.45) is 17.8 Å². The van der Waals surface area contributed by atoms with Crippen LogP contribution in [0.1, 0.15) is 56.1 Å². The SMILES string of the molecule is Cc1ccc(N2C(=O)C[C@@H]([NH2+]C34CC5CC(CC(C5)C3)C4)C2=O)c(C)c1. The van der Waals surface area contributed by atoms with Gasteiger partial charge in [-0.2, -0.15) is 0 Å². The van der Waals surface area contributed by atoms with E-state index in [0.717, 1.165) is 34.6 Å². The van der Waals surface area contributed by atoms with Crippen LogP contribution in [0.2, 0.25) is 0 Å². The van der Waals surface area contributed by atoms with Gasteiger partial charge in [-0.15, -0.1) is 0 Å². The number of carbonyl (C=O) groups excluding carboxylic acids is 2. The summed E-state index contributed by atoms with van der Waals surface area (Å²) in [5, 5.41) is 2.33. The molecule has 1 aromatic rings. The number of amides is 2. The molecule has 5 fully saturated rings. The topological polar surface area (TPSA) is 54.0 Å². The van der Waals surface area contributed by atoms with Gasteiger partial charge in [-0.25, -0.2) is 4.90 Å². The first-order chi connectivity index (χ1) is 12.4. The molecular weight excluding hydrogens is 324 g/mol. The van der Waals surface area contributed by atoms with E-state index in [9.17, 15) is 9.59 Å². The van der Waals surface area contributed by atoms with Crippen LogP contribution in [-0.2, 0) is 9.59 Å². The van der Waals surface area contributed by atoms with Crippen molar-refractivity contribution in [2.45, 2.75) is 70.4 Å². The highest BCUT2D eigenvalue weighted by Gasteiger charge is 2.56. The number of aryl methyl sites for hydroxylation is 2. The largest absolute Gasteiger partial charge is 0.331 e. The Kier molecular flexibility index (Phi) is 3.59. The van der Waals surface area contributed by atoms with Gasteiger partial charge in [-0.05, 0) is 62.5 Å². The van der Waals surface area contributed by atoms with E-state index < -0.39 is 0 Å². The number of rotatable bonds is 3. The van der Waals surface area contributed by atoms with Crippen LogP contribution in [0.25, 0.3) is 0 Å². The van der Waals surface area contributed by atoms with E-state index >= 15 is 0 Å². The lowest BCUT2D eigenvalue weighted by Crippen LogP contribution is -3.03. The van der Waals surface area contributed by atoms with Gasteiger partial charge in [-0.3, -0.25) is 9.59 Å². The van der Waals surface area contributed by atoms with Crippen molar-refractivity contribution < 1.29 is 14.9 Å². The van der Waals surface area contributed by atoms with E-state index in [1.165, 1.54) is 43.4 Å². The summed E-state index contributed by atoms with van der Waals surface area (Å²) in [4.78, 5) is 27.3. The molecule has 0 radical (unpaired) electrons. The van der Waals surface area contributed by atoms with Gasteiger partial charge in [0.15, 0.2) is 6.04 Å². The first kappa shape index (κ1) is 16.5. The Morgan fingerprint density at radius 3 is 2.19 bits per heavy atom. The second-order valence-corrected chi connectivity index (χ2v) is 9.61. The Morgan fingerprint density at radius 2 is 1.62 bits per heavy atom. The summed E-state index contributed by atoms with van der Waals surface area (Å²) in [5.74, 6) is 2.55. The van der Waals surface area contributed by atoms with Gasteiger partial charge >= 0.3 is 0 Å². The number of nitrogens with zero attached hydrogens (tertiary/aromatic N) is 1. The molecule has 1 heterocycles. The molecule has 26 heavy (non-hydrogen) atoms. The highest BCUT2D eigenvalue weighted by Crippen LogP contribution is 2.54. The Morgan fingerprint density at radius 1 is 1.00 bits per heavy atom. The third-order valence-electron chi connectivity index (χ3n) is 7.42. The fourth-order valence-corrected chi connectivity index (χ4v) is 6.90. The van der Waals surface area contributed by atoms with Crippen LogP contribution >= 0.6 is 0 Å². The summed E-state index contributed by atoms with van der Waals surface area (Å²) < 4.78 is 0. The second-order valence-electron chi connectivity index (χ2n) is 9.61. The number of quaternary nitrogens is 1. The zero-order valence-electron chi connectivity index (χ0n) is 15.8. The average molecular weight is 353 g/mol. The molecule has 4 bridgehead atoms. The lowest BCUT2D eigenvalue weighted by Gasteiger charge is -2.55. The zero-order chi connectivity index (χ0) is 18.1. The molecule has 138 valence electrons. The van der Waals surface area contributed by atoms with Crippen molar-refractivity contribution in [3.63, 3.8) is 0 Å². The summed E-state index contributed by atoms with van der Waals surface area (Å²) in [5.41, 5.74) is 3.16. The second kappa shape index (κ2) is 5.66. The molecule has 5 aliphatic rings. The first-order valence-electron chi connectivity index (χ1n) is 10.2. The van der Waals surface area contributed by atoms with E-state index in [2.05, 4.69) is 5.32 Å². The molecule has 1 aliphatic heterocycles. The van der Waals surface area contributed by atoms with Gasteiger partial charge in [0.1, 0.15) is 0 Å². The molecule has 2 N–H and O–H groups in total. The minimum Gasteiger partial charge on any atom is -0.331 e. The van der Waals surface area contributed by atoms with Crippen LogP contribution in [0, 0.1) is 31.6 Å². The lowest BCUT2D eigenvalue weighted by atomic mass is 9.53. The first-order valence-corrected chi connectivity index (χ1v) is 10.2. The van der Waals surface area contributed by atoms with Crippen LogP contribution in [0.4, 0.5) is 5.69 Å². The normalized spacial score (nSPS) is 38.5. The van der Waals surface area contributed by atoms with E-state index in [1.54, 1.807) is 0 Å². The van der Waals surface area contributed by atoms with Gasteiger partial charge in [0.05, 0.1) is 17.6 Å². The quantitative estimate of drug-likeness (QED) is 0.849. The maximum atomic E-state index is 13.2. The van der Waals surface area contributed by atoms with E-state index in [1.807, 2.05) is 32.0 Å². The summed E-state index contributed by atoms with van der Waals surface area (Å²) in [6.45, 7) is 4.02. The molecule has 0 aromatic heterocycles. The predicted octanol–water partition coefficient (Wildman–Crippen LogP) is 2.47. The Labute approximate surface area is 155 Å². The summed E-state index contributed by atoms with van der Waals surface area (Å²) >= 11 is 0. The third kappa shape index (κ3) is 2.53. The van der Waals surface area contributed by atoms with Gasteiger partial charge in [0.2, 0.25) is 5.91 Å². The highest BCUT2D eigenvalue weighted by molar-refractivity contribution is 6.22. The Hall–Kier alpha value is -1.68. The van der Waals surface area contributed by atoms with Crippen molar-refractivity contribution in [1.82, 2.24) is 0 Å². The third-order valence-corrected chi connectivity index (χ3v) is 7.42. The van der Waals surface area contributed by atoms with Gasteiger partial charge in [-0.1, -0.05) is 17.7 Å². The average Bonchev–Trinajstić information content (AvgIpc) is 2.80. The fourth-order valence-electron chi connectivity index (χ4n) is 6.90. The number of hydrogen-bond acceptors (Lipinski definition) is 2. The van der Waals surface area contributed by atoms with Crippen molar-refractivity contribution >= 4 is 17.5 Å². The molecule has 4 nitrogen and oxygen atoms in total. The smallest absolute Gasteiger partial charge is 0.292 e. The van der Waals surface area contributed by atoms with Crippen LogP contribution in [0.15, 0.2) is 18.2 Å². The number of carbonyl (C=O) groups is 2. The van der Waals surface area contributed by atoms with E-state index in [4.69, 9.17) is 0 Å².